The predicted octanol–water partition coefficient (Wildman–Crippen LogP) is 5.35. The Morgan fingerprint density at radius 1 is 0.780 bits per heavy atom. The first-order chi connectivity index (χ1) is 23.8. The third kappa shape index (κ3) is 13.8. The molecule has 0 aromatic heterocycles. The fraction of sp³-hybridized carbons (Fsp3) is 0.375. The highest BCUT2D eigenvalue weighted by Gasteiger charge is 2.28. The Labute approximate surface area is 316 Å². The van der Waals surface area contributed by atoms with Gasteiger partial charge < -0.3 is 32.9 Å². The molecule has 2 aliphatic heterocycles. The van der Waals surface area contributed by atoms with Crippen LogP contribution in [0.15, 0.2) is 97.1 Å². The molecule has 2 heterocycles. The van der Waals surface area contributed by atoms with Crippen molar-refractivity contribution in [3.8, 4) is 11.5 Å². The number of hydrogen-bond acceptors (Lipinski definition) is 4. The van der Waals surface area contributed by atoms with Gasteiger partial charge in [-0.15, -0.1) is 0 Å². The number of alkyl halides is 1. The van der Waals surface area contributed by atoms with Crippen LogP contribution in [0.3, 0.4) is 0 Å². The molecule has 2 aliphatic rings. The van der Waals surface area contributed by atoms with E-state index in [2.05, 4.69) is 59.2 Å². The van der Waals surface area contributed by atoms with Crippen molar-refractivity contribution in [3.05, 3.63) is 131 Å². The second kappa shape index (κ2) is 23.3. The number of halogens is 4. The van der Waals surface area contributed by atoms with Crippen LogP contribution in [0.5, 0.6) is 11.5 Å². The van der Waals surface area contributed by atoms with Gasteiger partial charge in [0.2, 0.25) is 5.91 Å². The number of carbonyl (C=O) groups is 1. The minimum absolute atomic E-state index is 0. The molecule has 50 heavy (non-hydrogen) atoms. The van der Waals surface area contributed by atoms with Gasteiger partial charge in [0.25, 0.3) is 0 Å². The quantitative estimate of drug-likeness (QED) is 0.157. The molecule has 0 spiro atoms. The van der Waals surface area contributed by atoms with Crippen molar-refractivity contribution in [1.29, 1.82) is 0 Å². The highest BCUT2D eigenvalue weighted by Crippen LogP contribution is 2.28. The summed E-state index contributed by atoms with van der Waals surface area (Å²) in [6.45, 7) is 8.84. The molecule has 0 radical (unpaired) electrons. The molecule has 0 saturated carbocycles. The molecule has 4 aromatic carbocycles. The summed E-state index contributed by atoms with van der Waals surface area (Å²) in [5, 5.41) is 5.65. The number of nitrogens with one attached hydrogen (secondary N) is 1. The lowest BCUT2D eigenvalue weighted by Crippen LogP contribution is -3.00. The smallest absolute Gasteiger partial charge is 0.234 e. The zero-order valence-electron chi connectivity index (χ0n) is 29.4. The highest BCUT2D eigenvalue weighted by atomic mass is 127. The van der Waals surface area contributed by atoms with Gasteiger partial charge >= 0.3 is 0 Å². The van der Waals surface area contributed by atoms with Gasteiger partial charge in [0, 0.05) is 35.6 Å². The van der Waals surface area contributed by atoms with Crippen molar-refractivity contribution in [2.45, 2.75) is 90.8 Å². The maximum Gasteiger partial charge on any atom is 0.234 e. The molecule has 0 unspecified atom stereocenters. The van der Waals surface area contributed by atoms with Gasteiger partial charge in [-0.1, -0.05) is 91.9 Å². The molecule has 0 aliphatic carbocycles. The van der Waals surface area contributed by atoms with Crippen LogP contribution < -0.4 is 38.2 Å². The maximum absolute atomic E-state index is 13.5. The lowest BCUT2D eigenvalue weighted by atomic mass is 10.1. The van der Waals surface area contributed by atoms with Crippen LogP contribution in [-0.4, -0.2) is 22.4 Å². The molecular formula is C40H51ClF2IN3O3. The van der Waals surface area contributed by atoms with Crippen LogP contribution in [0.25, 0.3) is 0 Å². The highest BCUT2D eigenvalue weighted by molar-refractivity contribution is 14.1. The molecule has 2 fully saturated rings. The van der Waals surface area contributed by atoms with Crippen molar-refractivity contribution >= 4 is 28.5 Å². The van der Waals surface area contributed by atoms with E-state index in [9.17, 15) is 13.6 Å². The number of benzene rings is 4. The number of carbonyl (C=O) groups excluding carboxylic acids is 1. The fourth-order valence-electron chi connectivity index (χ4n) is 5.70. The summed E-state index contributed by atoms with van der Waals surface area (Å²) in [6, 6.07) is 30.3. The molecule has 4 aromatic rings. The molecule has 4 atom stereocenters. The monoisotopic (exact) mass is 821 g/mol. The van der Waals surface area contributed by atoms with Gasteiger partial charge in [-0.2, -0.15) is 0 Å². The van der Waals surface area contributed by atoms with Crippen LogP contribution in [-0.2, 0) is 18.0 Å². The van der Waals surface area contributed by atoms with Gasteiger partial charge in [-0.05, 0) is 78.3 Å². The maximum atomic E-state index is 13.5. The average Bonchev–Trinajstić information content (AvgIpc) is 3.80. The lowest BCUT2D eigenvalue weighted by Gasteiger charge is -2.13. The Balaban J connectivity index is 0.000000303. The first kappa shape index (κ1) is 42.9. The van der Waals surface area contributed by atoms with E-state index in [1.54, 1.807) is 30.3 Å². The third-order valence-corrected chi connectivity index (χ3v) is 8.28. The largest absolute Gasteiger partial charge is 1.00 e. The van der Waals surface area contributed by atoms with Crippen LogP contribution in [0, 0.1) is 11.6 Å². The van der Waals surface area contributed by atoms with Crippen molar-refractivity contribution in [3.63, 3.8) is 0 Å². The first-order valence-electron chi connectivity index (χ1n) is 17.2. The van der Waals surface area contributed by atoms with Crippen LogP contribution in [0.2, 0.25) is 0 Å². The third-order valence-electron chi connectivity index (χ3n) is 8.28. The first-order valence-corrected chi connectivity index (χ1v) is 18.7. The van der Waals surface area contributed by atoms with Crippen molar-refractivity contribution in [1.82, 2.24) is 5.32 Å². The summed E-state index contributed by atoms with van der Waals surface area (Å²) >= 11 is 2.29. The predicted molar refractivity (Wildman–Crippen MR) is 202 cm³/mol. The van der Waals surface area contributed by atoms with Crippen LogP contribution >= 0.6 is 22.6 Å². The van der Waals surface area contributed by atoms with E-state index in [1.165, 1.54) is 35.0 Å². The second-order valence-corrected chi connectivity index (χ2v) is 13.3. The van der Waals surface area contributed by atoms with Crippen molar-refractivity contribution in [2.75, 3.05) is 4.43 Å². The SMILES string of the molecule is CC.CCI.C[C@@H]1CC[C@H](c2ccc(OCc3ccccc3F)cc2)[NH2+]1.NC(=O)[C@@H]1CC[C@H](c2ccc(OCc3ccccc3F)cc2)N1.[Cl-]. The van der Waals surface area contributed by atoms with Crippen molar-refractivity contribution in [2.24, 2.45) is 5.73 Å². The summed E-state index contributed by atoms with van der Waals surface area (Å²) in [7, 11) is 0. The van der Waals surface area contributed by atoms with Gasteiger partial charge in [-0.3, -0.25) is 10.1 Å². The summed E-state index contributed by atoms with van der Waals surface area (Å²) in [5.74, 6) is 0.673. The molecule has 6 rings (SSSR count). The molecular weight excluding hydrogens is 771 g/mol. The molecule has 2 saturated heterocycles. The number of ether oxygens (including phenoxy) is 2. The number of primary amides is 1. The molecule has 6 nitrogen and oxygen atoms in total. The molecule has 272 valence electrons. The van der Waals surface area contributed by atoms with E-state index in [0.29, 0.717) is 29.0 Å². The Bertz CT molecular complexity index is 1550. The number of hydrogen-bond donors (Lipinski definition) is 3. The topological polar surface area (TPSA) is 90.2 Å². The van der Waals surface area contributed by atoms with Gasteiger partial charge in [0.15, 0.2) is 0 Å². The zero-order chi connectivity index (χ0) is 35.6. The number of amides is 1. The fourth-order valence-corrected chi connectivity index (χ4v) is 5.70. The van der Waals surface area contributed by atoms with E-state index >= 15 is 0 Å². The summed E-state index contributed by atoms with van der Waals surface area (Å²) < 4.78 is 39.5. The Morgan fingerprint density at radius 3 is 1.64 bits per heavy atom. The number of nitrogens with two attached hydrogens (primary N) is 2. The van der Waals surface area contributed by atoms with Gasteiger partial charge in [0.05, 0.1) is 12.1 Å². The van der Waals surface area contributed by atoms with Gasteiger partial charge in [-0.25, -0.2) is 8.78 Å². The summed E-state index contributed by atoms with van der Waals surface area (Å²) in [6.07, 6.45) is 4.14. The molecule has 1 amide bonds. The number of quaternary nitrogens is 1. The van der Waals surface area contributed by atoms with E-state index in [0.717, 1.165) is 24.2 Å². The normalized spacial score (nSPS) is 18.9. The summed E-state index contributed by atoms with van der Waals surface area (Å²) in [5.41, 5.74) is 8.86. The lowest BCUT2D eigenvalue weighted by molar-refractivity contribution is -0.704. The minimum Gasteiger partial charge on any atom is -1.00 e. The van der Waals surface area contributed by atoms with Crippen LogP contribution in [0.4, 0.5) is 8.78 Å². The van der Waals surface area contributed by atoms with E-state index < -0.39 is 0 Å². The van der Waals surface area contributed by atoms with E-state index in [1.807, 2.05) is 56.3 Å². The van der Waals surface area contributed by atoms with E-state index in [4.69, 9.17) is 15.2 Å². The zero-order valence-corrected chi connectivity index (χ0v) is 32.3. The molecule has 5 N–H and O–H groups in total. The number of rotatable bonds is 9. The van der Waals surface area contributed by atoms with Gasteiger partial charge in [0.1, 0.15) is 42.4 Å². The molecule has 0 bridgehead atoms. The van der Waals surface area contributed by atoms with Crippen LogP contribution in [0.1, 0.15) is 87.7 Å². The Morgan fingerprint density at radius 2 is 1.24 bits per heavy atom. The summed E-state index contributed by atoms with van der Waals surface area (Å²) in [4.78, 5) is 11.2. The molecule has 10 heteroatoms. The standard InChI is InChI=1S/C18H19FN2O2.C18H20FNO.C2H5I.C2H6.ClH/c19-15-4-2-1-3-13(15)11-23-14-7-5-12(6-8-14)16-9-10-17(21-16)18(20)22;1-13-6-11-18(20-13)14-7-9-16(10-8-14)21-12-15-4-2-3-5-17(15)19;1-2-3;1-2;/h1-8,16-17,21H,9-11H2,(H2,20,22);2-5,7-10,13,18,20H,6,11-12H2,1H3;2H2,1H3;1-2H3;1H/t16-,17+;13-,18-;;;/m11.../s1. The Hall–Kier alpha value is -3.25. The van der Waals surface area contributed by atoms with Crippen molar-refractivity contribution < 1.29 is 40.8 Å². The minimum atomic E-state index is -0.308. The Kier molecular flexibility index (Phi) is 20.0. The average molecular weight is 822 g/mol. The second-order valence-electron chi connectivity index (χ2n) is 11.8. The van der Waals surface area contributed by atoms with E-state index in [-0.39, 0.29) is 55.2 Å².